The molecular weight excluding hydrogens is 266 g/mol. The van der Waals surface area contributed by atoms with Crippen molar-refractivity contribution < 1.29 is 9.47 Å². The van der Waals surface area contributed by atoms with Crippen molar-refractivity contribution in [3.8, 4) is 11.5 Å². The zero-order chi connectivity index (χ0) is 15.4. The lowest BCUT2D eigenvalue weighted by molar-refractivity contribution is 0.311. The smallest absolute Gasteiger partial charge is 0.163 e. The largest absolute Gasteiger partial charge is 0.493 e. The van der Waals surface area contributed by atoms with Crippen LogP contribution in [0.4, 0.5) is 5.69 Å². The van der Waals surface area contributed by atoms with Gasteiger partial charge in [-0.15, -0.1) is 0 Å². The Bertz CT molecular complexity index is 620. The molecule has 0 saturated heterocycles. The molecule has 0 fully saturated rings. The van der Waals surface area contributed by atoms with Gasteiger partial charge in [0.2, 0.25) is 0 Å². The van der Waals surface area contributed by atoms with Crippen molar-refractivity contribution in [2.45, 2.75) is 27.3 Å². The van der Waals surface area contributed by atoms with Crippen LogP contribution in [0.1, 0.15) is 23.9 Å². The molecule has 2 rings (SSSR count). The number of aromatic nitrogens is 2. The summed E-state index contributed by atoms with van der Waals surface area (Å²) in [5.74, 6) is 1.50. The molecule has 0 saturated carbocycles. The van der Waals surface area contributed by atoms with E-state index in [0.717, 1.165) is 29.4 Å². The SMILES string of the molecule is CCOc1cc(NCc2c(C)nn(C)c2C)ccc1OC. The van der Waals surface area contributed by atoms with E-state index in [4.69, 9.17) is 9.47 Å². The standard InChI is InChI=1S/C16H23N3O2/c1-6-21-16-9-13(7-8-15(16)20-5)17-10-14-11(2)18-19(4)12(14)3/h7-9,17H,6,10H2,1-5H3. The number of hydrogen-bond acceptors (Lipinski definition) is 4. The van der Waals surface area contributed by atoms with Crippen molar-refractivity contribution in [2.24, 2.45) is 7.05 Å². The molecule has 1 aromatic heterocycles. The summed E-state index contributed by atoms with van der Waals surface area (Å²) in [5, 5.41) is 7.85. The van der Waals surface area contributed by atoms with Gasteiger partial charge in [-0.05, 0) is 32.9 Å². The molecule has 0 aliphatic carbocycles. The molecule has 0 bridgehead atoms. The number of nitrogens with one attached hydrogen (secondary N) is 1. The van der Waals surface area contributed by atoms with Crippen LogP contribution >= 0.6 is 0 Å². The van der Waals surface area contributed by atoms with E-state index in [1.165, 1.54) is 11.3 Å². The number of nitrogens with zero attached hydrogens (tertiary/aromatic N) is 2. The minimum Gasteiger partial charge on any atom is -0.493 e. The van der Waals surface area contributed by atoms with Crippen molar-refractivity contribution in [2.75, 3.05) is 19.0 Å². The summed E-state index contributed by atoms with van der Waals surface area (Å²) >= 11 is 0. The Morgan fingerprint density at radius 1 is 1.24 bits per heavy atom. The third-order valence-corrected chi connectivity index (χ3v) is 3.59. The maximum Gasteiger partial charge on any atom is 0.163 e. The summed E-state index contributed by atoms with van der Waals surface area (Å²) in [4.78, 5) is 0. The second-order valence-corrected chi connectivity index (χ2v) is 4.93. The van der Waals surface area contributed by atoms with Crippen LogP contribution in [0.2, 0.25) is 0 Å². The van der Waals surface area contributed by atoms with E-state index in [0.29, 0.717) is 6.61 Å². The normalized spacial score (nSPS) is 10.5. The fourth-order valence-corrected chi connectivity index (χ4v) is 2.32. The van der Waals surface area contributed by atoms with Gasteiger partial charge in [-0.2, -0.15) is 5.10 Å². The van der Waals surface area contributed by atoms with Crippen LogP contribution in [-0.4, -0.2) is 23.5 Å². The second-order valence-electron chi connectivity index (χ2n) is 4.93. The molecular formula is C16H23N3O2. The lowest BCUT2D eigenvalue weighted by Gasteiger charge is -2.12. The monoisotopic (exact) mass is 289 g/mol. The van der Waals surface area contributed by atoms with Gasteiger partial charge in [-0.3, -0.25) is 4.68 Å². The average Bonchev–Trinajstić information content (AvgIpc) is 2.71. The van der Waals surface area contributed by atoms with Crippen LogP contribution in [-0.2, 0) is 13.6 Å². The first-order valence-electron chi connectivity index (χ1n) is 7.10. The molecule has 2 aromatic rings. The van der Waals surface area contributed by atoms with E-state index in [9.17, 15) is 0 Å². The molecule has 0 aliphatic heterocycles. The fourth-order valence-electron chi connectivity index (χ4n) is 2.32. The van der Waals surface area contributed by atoms with Crippen LogP contribution in [0.15, 0.2) is 18.2 Å². The van der Waals surface area contributed by atoms with Crippen LogP contribution in [0.3, 0.4) is 0 Å². The Morgan fingerprint density at radius 3 is 2.57 bits per heavy atom. The highest BCUT2D eigenvalue weighted by molar-refractivity contribution is 5.55. The topological polar surface area (TPSA) is 48.3 Å². The molecule has 5 nitrogen and oxygen atoms in total. The Labute approximate surface area is 125 Å². The van der Waals surface area contributed by atoms with Gasteiger partial charge in [-0.1, -0.05) is 0 Å². The molecule has 5 heteroatoms. The highest BCUT2D eigenvalue weighted by atomic mass is 16.5. The van der Waals surface area contributed by atoms with Crippen LogP contribution in [0, 0.1) is 13.8 Å². The molecule has 21 heavy (non-hydrogen) atoms. The molecule has 1 N–H and O–H groups in total. The Hall–Kier alpha value is -2.17. The number of methoxy groups -OCH3 is 1. The van der Waals surface area contributed by atoms with Crippen molar-refractivity contribution in [3.05, 3.63) is 35.2 Å². The summed E-state index contributed by atoms with van der Waals surface area (Å²) in [5.41, 5.74) is 4.47. The third-order valence-electron chi connectivity index (χ3n) is 3.59. The van der Waals surface area contributed by atoms with Crippen molar-refractivity contribution in [3.63, 3.8) is 0 Å². The number of hydrogen-bond donors (Lipinski definition) is 1. The summed E-state index contributed by atoms with van der Waals surface area (Å²) in [6.45, 7) is 7.42. The number of ether oxygens (including phenoxy) is 2. The zero-order valence-corrected chi connectivity index (χ0v) is 13.4. The highest BCUT2D eigenvalue weighted by Crippen LogP contribution is 2.30. The number of aryl methyl sites for hydroxylation is 2. The number of anilines is 1. The number of benzene rings is 1. The zero-order valence-electron chi connectivity index (χ0n) is 13.4. The summed E-state index contributed by atoms with van der Waals surface area (Å²) in [6.07, 6.45) is 0. The first-order valence-corrected chi connectivity index (χ1v) is 7.10. The quantitative estimate of drug-likeness (QED) is 0.888. The van der Waals surface area contributed by atoms with Crippen molar-refractivity contribution in [1.29, 1.82) is 0 Å². The predicted octanol–water partition coefficient (Wildman–Crippen LogP) is 3.06. The third kappa shape index (κ3) is 3.29. The van der Waals surface area contributed by atoms with E-state index in [-0.39, 0.29) is 0 Å². The first kappa shape index (κ1) is 15.2. The van der Waals surface area contributed by atoms with E-state index in [1.807, 2.05) is 43.8 Å². The van der Waals surface area contributed by atoms with Crippen molar-refractivity contribution in [1.82, 2.24) is 9.78 Å². The molecule has 1 heterocycles. The summed E-state index contributed by atoms with van der Waals surface area (Å²) in [7, 11) is 3.61. The van der Waals surface area contributed by atoms with Crippen LogP contribution < -0.4 is 14.8 Å². The summed E-state index contributed by atoms with van der Waals surface area (Å²) < 4.78 is 12.8. The maximum atomic E-state index is 5.59. The molecule has 1 aromatic carbocycles. The Kier molecular flexibility index (Phi) is 4.73. The van der Waals surface area contributed by atoms with Gasteiger partial charge in [0, 0.05) is 36.6 Å². The molecule has 0 amide bonds. The molecule has 114 valence electrons. The van der Waals surface area contributed by atoms with Crippen LogP contribution in [0.5, 0.6) is 11.5 Å². The van der Waals surface area contributed by atoms with E-state index >= 15 is 0 Å². The van der Waals surface area contributed by atoms with Gasteiger partial charge in [-0.25, -0.2) is 0 Å². The molecule has 0 radical (unpaired) electrons. The molecule has 0 aliphatic rings. The Balaban J connectivity index is 2.14. The van der Waals surface area contributed by atoms with Gasteiger partial charge < -0.3 is 14.8 Å². The first-order chi connectivity index (χ1) is 10.1. The van der Waals surface area contributed by atoms with Gasteiger partial charge in [0.1, 0.15) is 0 Å². The molecule has 0 spiro atoms. The average molecular weight is 289 g/mol. The summed E-state index contributed by atoms with van der Waals surface area (Å²) in [6, 6.07) is 5.86. The molecule has 0 unspecified atom stereocenters. The van der Waals surface area contributed by atoms with E-state index in [1.54, 1.807) is 7.11 Å². The van der Waals surface area contributed by atoms with E-state index in [2.05, 4.69) is 17.3 Å². The fraction of sp³-hybridized carbons (Fsp3) is 0.438. The van der Waals surface area contributed by atoms with Crippen molar-refractivity contribution >= 4 is 5.69 Å². The maximum absolute atomic E-state index is 5.59. The van der Waals surface area contributed by atoms with Gasteiger partial charge in [0.25, 0.3) is 0 Å². The lowest BCUT2D eigenvalue weighted by atomic mass is 10.2. The van der Waals surface area contributed by atoms with E-state index < -0.39 is 0 Å². The van der Waals surface area contributed by atoms with Gasteiger partial charge >= 0.3 is 0 Å². The predicted molar refractivity (Wildman–Crippen MR) is 84.2 cm³/mol. The number of rotatable bonds is 6. The minimum absolute atomic E-state index is 0.612. The second kappa shape index (κ2) is 6.52. The lowest BCUT2D eigenvalue weighted by Crippen LogP contribution is -2.03. The molecule has 0 atom stereocenters. The Morgan fingerprint density at radius 2 is 2.00 bits per heavy atom. The van der Waals surface area contributed by atoms with Gasteiger partial charge in [0.15, 0.2) is 11.5 Å². The minimum atomic E-state index is 0.612. The van der Waals surface area contributed by atoms with Crippen LogP contribution in [0.25, 0.3) is 0 Å². The highest BCUT2D eigenvalue weighted by Gasteiger charge is 2.10. The van der Waals surface area contributed by atoms with Gasteiger partial charge in [0.05, 0.1) is 19.4 Å².